The molecule has 21 heavy (non-hydrogen) atoms. The van der Waals surface area contributed by atoms with Crippen molar-refractivity contribution in [2.45, 2.75) is 19.5 Å². The van der Waals surface area contributed by atoms with Crippen molar-refractivity contribution < 1.29 is 4.79 Å². The number of thiophene rings is 1. The summed E-state index contributed by atoms with van der Waals surface area (Å²) < 4.78 is 2.09. The lowest BCUT2D eigenvalue weighted by atomic mass is 10.1. The van der Waals surface area contributed by atoms with Crippen LogP contribution in [0.2, 0.25) is 0 Å². The van der Waals surface area contributed by atoms with Crippen LogP contribution in [0.15, 0.2) is 44.7 Å². The first-order chi connectivity index (χ1) is 9.95. The highest BCUT2D eigenvalue weighted by atomic mass is 79.9. The summed E-state index contributed by atoms with van der Waals surface area (Å²) in [5, 5.41) is 5.03. The zero-order chi connectivity index (χ0) is 15.4. The molecule has 0 aliphatic carbocycles. The first-order valence-corrected chi connectivity index (χ1v) is 8.92. The van der Waals surface area contributed by atoms with Crippen molar-refractivity contribution in [3.8, 4) is 0 Å². The summed E-state index contributed by atoms with van der Waals surface area (Å²) in [6.45, 7) is 2.59. The average molecular weight is 432 g/mol. The molecule has 6 heteroatoms. The summed E-state index contributed by atoms with van der Waals surface area (Å²) in [7, 11) is 1.80. The minimum atomic E-state index is -0.0741. The predicted molar refractivity (Wildman–Crippen MR) is 94.6 cm³/mol. The van der Waals surface area contributed by atoms with Gasteiger partial charge in [0.2, 0.25) is 0 Å². The van der Waals surface area contributed by atoms with E-state index in [-0.39, 0.29) is 12.1 Å². The summed E-state index contributed by atoms with van der Waals surface area (Å²) in [6, 6.07) is 9.90. The van der Waals surface area contributed by atoms with Crippen LogP contribution in [-0.2, 0) is 6.54 Å². The van der Waals surface area contributed by atoms with E-state index in [1.54, 1.807) is 23.3 Å². The maximum atomic E-state index is 12.2. The lowest BCUT2D eigenvalue weighted by Crippen LogP contribution is -2.38. The second kappa shape index (κ2) is 7.42. The lowest BCUT2D eigenvalue weighted by Gasteiger charge is -2.21. The molecular weight excluding hydrogens is 416 g/mol. The average Bonchev–Trinajstić information content (AvgIpc) is 2.84. The molecule has 2 amide bonds. The fraction of sp³-hybridized carbons (Fsp3) is 0.267. The molecule has 0 aliphatic heterocycles. The van der Waals surface area contributed by atoms with Gasteiger partial charge in [0, 0.05) is 26.3 Å². The number of urea groups is 1. The first kappa shape index (κ1) is 16.5. The van der Waals surface area contributed by atoms with Crippen molar-refractivity contribution in [1.29, 1.82) is 0 Å². The number of rotatable bonds is 4. The third-order valence-electron chi connectivity index (χ3n) is 3.07. The van der Waals surface area contributed by atoms with Crippen LogP contribution in [0.5, 0.6) is 0 Å². The SMILES string of the molecule is CC(NC(=O)N(C)Cc1cc(Br)cs1)c1ccc(Br)cc1. The Bertz CT molecular complexity index is 612. The molecule has 1 atom stereocenters. The molecule has 0 fully saturated rings. The third-order valence-corrected chi connectivity index (χ3v) is 5.28. The van der Waals surface area contributed by atoms with Gasteiger partial charge in [0.1, 0.15) is 0 Å². The van der Waals surface area contributed by atoms with E-state index in [1.165, 1.54) is 0 Å². The Balaban J connectivity index is 1.92. The number of nitrogens with zero attached hydrogens (tertiary/aromatic N) is 1. The molecule has 0 radical (unpaired) electrons. The number of benzene rings is 1. The van der Waals surface area contributed by atoms with E-state index in [9.17, 15) is 4.79 Å². The Morgan fingerprint density at radius 3 is 2.52 bits per heavy atom. The van der Waals surface area contributed by atoms with Crippen molar-refractivity contribution in [2.75, 3.05) is 7.05 Å². The minimum Gasteiger partial charge on any atom is -0.331 e. The van der Waals surface area contributed by atoms with Crippen LogP contribution in [0.4, 0.5) is 4.79 Å². The standard InChI is InChI=1S/C15H16Br2N2OS/c1-10(11-3-5-12(16)6-4-11)18-15(20)19(2)8-14-7-13(17)9-21-14/h3-7,9-10H,8H2,1-2H3,(H,18,20). The maximum Gasteiger partial charge on any atom is 0.317 e. The highest BCUT2D eigenvalue weighted by molar-refractivity contribution is 9.10. The molecule has 0 aliphatic rings. The monoisotopic (exact) mass is 430 g/mol. The zero-order valence-corrected chi connectivity index (χ0v) is 15.8. The summed E-state index contributed by atoms with van der Waals surface area (Å²) >= 11 is 8.47. The molecular formula is C15H16Br2N2OS. The molecule has 112 valence electrons. The van der Waals surface area contributed by atoms with Gasteiger partial charge in [-0.1, -0.05) is 28.1 Å². The van der Waals surface area contributed by atoms with Gasteiger partial charge in [-0.2, -0.15) is 0 Å². The fourth-order valence-electron chi connectivity index (χ4n) is 1.87. The summed E-state index contributed by atoms with van der Waals surface area (Å²) in [5.74, 6) is 0. The van der Waals surface area contributed by atoms with E-state index in [0.717, 1.165) is 19.4 Å². The van der Waals surface area contributed by atoms with Gasteiger partial charge in [-0.05, 0) is 46.6 Å². The number of hydrogen-bond acceptors (Lipinski definition) is 2. The largest absolute Gasteiger partial charge is 0.331 e. The van der Waals surface area contributed by atoms with E-state index in [2.05, 4.69) is 37.2 Å². The number of amides is 2. The molecule has 1 heterocycles. The molecule has 0 bridgehead atoms. The minimum absolute atomic E-state index is 0.0249. The molecule has 1 N–H and O–H groups in total. The Morgan fingerprint density at radius 2 is 1.95 bits per heavy atom. The van der Waals surface area contributed by atoms with Crippen molar-refractivity contribution in [3.05, 3.63) is 55.1 Å². The second-order valence-electron chi connectivity index (χ2n) is 4.81. The molecule has 1 aromatic carbocycles. The van der Waals surface area contributed by atoms with E-state index in [0.29, 0.717) is 6.54 Å². The molecule has 0 spiro atoms. The van der Waals surface area contributed by atoms with Crippen LogP contribution in [0, 0.1) is 0 Å². The number of carbonyl (C=O) groups excluding carboxylic acids is 1. The zero-order valence-electron chi connectivity index (χ0n) is 11.8. The van der Waals surface area contributed by atoms with Crippen molar-refractivity contribution in [2.24, 2.45) is 0 Å². The van der Waals surface area contributed by atoms with Gasteiger partial charge in [0.25, 0.3) is 0 Å². The van der Waals surface area contributed by atoms with Crippen LogP contribution >= 0.6 is 43.2 Å². The molecule has 2 rings (SSSR count). The third kappa shape index (κ3) is 4.83. The highest BCUT2D eigenvalue weighted by Gasteiger charge is 2.14. The van der Waals surface area contributed by atoms with Crippen molar-refractivity contribution in [3.63, 3.8) is 0 Å². The topological polar surface area (TPSA) is 32.3 Å². The fourth-order valence-corrected chi connectivity index (χ4v) is 3.64. The second-order valence-corrected chi connectivity index (χ2v) is 7.64. The number of halogens is 2. The normalized spacial score (nSPS) is 12.0. The van der Waals surface area contributed by atoms with Gasteiger partial charge in [-0.15, -0.1) is 11.3 Å². The van der Waals surface area contributed by atoms with Gasteiger partial charge < -0.3 is 10.2 Å². The Hall–Kier alpha value is -0.850. The van der Waals surface area contributed by atoms with Gasteiger partial charge in [0.05, 0.1) is 12.6 Å². The Kier molecular flexibility index (Phi) is 5.84. The number of hydrogen-bond donors (Lipinski definition) is 1. The predicted octanol–water partition coefficient (Wildman–Crippen LogP) is 5.18. The van der Waals surface area contributed by atoms with E-state index in [4.69, 9.17) is 0 Å². The van der Waals surface area contributed by atoms with Crippen LogP contribution in [-0.4, -0.2) is 18.0 Å². The summed E-state index contributed by atoms with van der Waals surface area (Å²) in [6.07, 6.45) is 0. The van der Waals surface area contributed by atoms with E-state index < -0.39 is 0 Å². The molecule has 2 aromatic rings. The molecule has 0 saturated carbocycles. The van der Waals surface area contributed by atoms with Crippen LogP contribution in [0.3, 0.4) is 0 Å². The molecule has 1 aromatic heterocycles. The van der Waals surface area contributed by atoms with E-state index in [1.807, 2.05) is 42.6 Å². The van der Waals surface area contributed by atoms with E-state index >= 15 is 0 Å². The summed E-state index contributed by atoms with van der Waals surface area (Å²) in [5.41, 5.74) is 1.08. The van der Waals surface area contributed by atoms with Crippen LogP contribution < -0.4 is 5.32 Å². The highest BCUT2D eigenvalue weighted by Crippen LogP contribution is 2.21. The quantitative estimate of drug-likeness (QED) is 0.710. The van der Waals surface area contributed by atoms with Gasteiger partial charge in [-0.3, -0.25) is 0 Å². The lowest BCUT2D eigenvalue weighted by molar-refractivity contribution is 0.204. The van der Waals surface area contributed by atoms with Crippen LogP contribution in [0.25, 0.3) is 0 Å². The smallest absolute Gasteiger partial charge is 0.317 e. The number of nitrogens with one attached hydrogen (secondary N) is 1. The number of carbonyl (C=O) groups is 1. The Labute approximate surface area is 145 Å². The molecule has 3 nitrogen and oxygen atoms in total. The molecule has 1 unspecified atom stereocenters. The van der Waals surface area contributed by atoms with Crippen molar-refractivity contribution >= 4 is 49.2 Å². The van der Waals surface area contributed by atoms with Gasteiger partial charge >= 0.3 is 6.03 Å². The van der Waals surface area contributed by atoms with Crippen molar-refractivity contribution in [1.82, 2.24) is 10.2 Å². The van der Waals surface area contributed by atoms with Gasteiger partial charge in [-0.25, -0.2) is 4.79 Å². The molecule has 0 saturated heterocycles. The summed E-state index contributed by atoms with van der Waals surface area (Å²) in [4.78, 5) is 15.0. The van der Waals surface area contributed by atoms with Gasteiger partial charge in [0.15, 0.2) is 0 Å². The maximum absolute atomic E-state index is 12.2. The Morgan fingerprint density at radius 1 is 1.29 bits per heavy atom. The first-order valence-electron chi connectivity index (χ1n) is 6.45. The van der Waals surface area contributed by atoms with Crippen LogP contribution in [0.1, 0.15) is 23.4 Å².